The van der Waals surface area contributed by atoms with Crippen molar-refractivity contribution >= 4 is 0 Å². The molecular formula is C16H32N2O. The van der Waals surface area contributed by atoms with Crippen molar-refractivity contribution in [1.29, 1.82) is 0 Å². The molecule has 1 heterocycles. The molecule has 1 aliphatic heterocycles. The van der Waals surface area contributed by atoms with E-state index in [9.17, 15) is 0 Å². The fourth-order valence-corrected chi connectivity index (χ4v) is 3.72. The zero-order valence-corrected chi connectivity index (χ0v) is 12.8. The van der Waals surface area contributed by atoms with E-state index in [1.807, 2.05) is 0 Å². The van der Waals surface area contributed by atoms with Crippen molar-refractivity contribution in [3.63, 3.8) is 0 Å². The summed E-state index contributed by atoms with van der Waals surface area (Å²) in [6, 6.07) is 0.512. The van der Waals surface area contributed by atoms with E-state index < -0.39 is 0 Å². The Hall–Kier alpha value is -0.120. The van der Waals surface area contributed by atoms with Crippen LogP contribution in [0.4, 0.5) is 0 Å². The summed E-state index contributed by atoms with van der Waals surface area (Å²) < 4.78 is 5.69. The van der Waals surface area contributed by atoms with Crippen molar-refractivity contribution in [3.8, 4) is 0 Å². The van der Waals surface area contributed by atoms with Gasteiger partial charge in [0.25, 0.3) is 0 Å². The van der Waals surface area contributed by atoms with Gasteiger partial charge in [0.15, 0.2) is 0 Å². The predicted octanol–water partition coefficient (Wildman–Crippen LogP) is 3.38. The summed E-state index contributed by atoms with van der Waals surface area (Å²) >= 11 is 0. The Labute approximate surface area is 118 Å². The van der Waals surface area contributed by atoms with Crippen molar-refractivity contribution in [3.05, 3.63) is 0 Å². The van der Waals surface area contributed by atoms with Crippen LogP contribution in [0.15, 0.2) is 0 Å². The van der Waals surface area contributed by atoms with Crippen LogP contribution < -0.4 is 11.3 Å². The van der Waals surface area contributed by atoms with Crippen LogP contribution in [-0.2, 0) is 4.74 Å². The van der Waals surface area contributed by atoms with Gasteiger partial charge in [-0.15, -0.1) is 0 Å². The van der Waals surface area contributed by atoms with Gasteiger partial charge in [-0.25, -0.2) is 0 Å². The molecule has 0 bridgehead atoms. The Morgan fingerprint density at radius 3 is 2.58 bits per heavy atom. The molecule has 2 unspecified atom stereocenters. The number of rotatable bonds is 6. The Bertz CT molecular complexity index is 251. The third kappa shape index (κ3) is 4.73. The minimum Gasteiger partial charge on any atom is -0.378 e. The maximum absolute atomic E-state index is 5.78. The minimum atomic E-state index is 0.512. The molecule has 0 amide bonds. The van der Waals surface area contributed by atoms with Crippen LogP contribution in [0.5, 0.6) is 0 Å². The molecule has 2 atom stereocenters. The monoisotopic (exact) mass is 268 g/mol. The van der Waals surface area contributed by atoms with Gasteiger partial charge in [-0.3, -0.25) is 11.3 Å². The molecule has 3 heteroatoms. The van der Waals surface area contributed by atoms with Gasteiger partial charge in [0.2, 0.25) is 0 Å². The molecule has 0 aromatic rings. The molecule has 2 aliphatic rings. The van der Waals surface area contributed by atoms with E-state index in [2.05, 4.69) is 19.3 Å². The summed E-state index contributed by atoms with van der Waals surface area (Å²) in [6.45, 7) is 5.76. The molecule has 0 aromatic carbocycles. The number of hydrazine groups is 1. The quantitative estimate of drug-likeness (QED) is 0.573. The number of hydrogen-bond donors (Lipinski definition) is 2. The third-order valence-electron chi connectivity index (χ3n) is 5.23. The summed E-state index contributed by atoms with van der Waals surface area (Å²) in [7, 11) is 0. The summed E-state index contributed by atoms with van der Waals surface area (Å²) in [5.41, 5.74) is 3.63. The summed E-state index contributed by atoms with van der Waals surface area (Å²) in [6.07, 6.45) is 12.1. The molecule has 0 aromatic heterocycles. The first-order chi connectivity index (χ1) is 9.11. The van der Waals surface area contributed by atoms with E-state index in [1.165, 1.54) is 57.8 Å². The maximum atomic E-state index is 5.78. The van der Waals surface area contributed by atoms with Gasteiger partial charge >= 0.3 is 0 Å². The zero-order valence-electron chi connectivity index (χ0n) is 12.8. The second-order valence-electron chi connectivity index (χ2n) is 7.34. The van der Waals surface area contributed by atoms with E-state index in [0.717, 1.165) is 12.5 Å². The normalized spacial score (nSPS) is 29.5. The highest BCUT2D eigenvalue weighted by Gasteiger charge is 2.30. The van der Waals surface area contributed by atoms with Gasteiger partial charge in [0.1, 0.15) is 0 Å². The fourth-order valence-electron chi connectivity index (χ4n) is 3.72. The van der Waals surface area contributed by atoms with Crippen molar-refractivity contribution in [2.45, 2.75) is 83.8 Å². The first-order valence-electron chi connectivity index (χ1n) is 8.18. The summed E-state index contributed by atoms with van der Waals surface area (Å²) in [5, 5.41) is 0. The molecule has 2 rings (SSSR count). The smallest absolute Gasteiger partial charge is 0.0576 e. The second-order valence-corrected chi connectivity index (χ2v) is 7.34. The van der Waals surface area contributed by atoms with Crippen LogP contribution in [0.2, 0.25) is 0 Å². The molecule has 3 nitrogen and oxygen atoms in total. The molecule has 0 radical (unpaired) electrons. The summed E-state index contributed by atoms with van der Waals surface area (Å²) in [4.78, 5) is 0. The highest BCUT2D eigenvalue weighted by molar-refractivity contribution is 4.84. The number of nitrogens with one attached hydrogen (secondary N) is 1. The lowest BCUT2D eigenvalue weighted by Crippen LogP contribution is -2.43. The van der Waals surface area contributed by atoms with Crippen LogP contribution in [0.1, 0.15) is 71.6 Å². The van der Waals surface area contributed by atoms with E-state index in [-0.39, 0.29) is 0 Å². The lowest BCUT2D eigenvalue weighted by atomic mass is 9.70. The van der Waals surface area contributed by atoms with Crippen molar-refractivity contribution in [2.24, 2.45) is 17.2 Å². The van der Waals surface area contributed by atoms with Crippen molar-refractivity contribution < 1.29 is 4.74 Å². The van der Waals surface area contributed by atoms with Gasteiger partial charge in [-0.2, -0.15) is 0 Å². The zero-order chi connectivity index (χ0) is 13.7. The van der Waals surface area contributed by atoms with Crippen molar-refractivity contribution in [1.82, 2.24) is 5.43 Å². The SMILES string of the molecule is CC1(C)CCC(C(CCCC2CCCO2)NN)CC1. The van der Waals surface area contributed by atoms with E-state index in [4.69, 9.17) is 10.6 Å². The molecule has 0 spiro atoms. The third-order valence-corrected chi connectivity index (χ3v) is 5.23. The van der Waals surface area contributed by atoms with Crippen molar-refractivity contribution in [2.75, 3.05) is 6.61 Å². The van der Waals surface area contributed by atoms with E-state index in [0.29, 0.717) is 17.6 Å². The first kappa shape index (κ1) is 15.3. The van der Waals surface area contributed by atoms with Gasteiger partial charge in [0, 0.05) is 12.6 Å². The topological polar surface area (TPSA) is 47.3 Å². The number of nitrogens with two attached hydrogens (primary N) is 1. The molecule has 1 aliphatic carbocycles. The Morgan fingerprint density at radius 2 is 2.00 bits per heavy atom. The average molecular weight is 268 g/mol. The predicted molar refractivity (Wildman–Crippen MR) is 79.7 cm³/mol. The molecule has 2 fully saturated rings. The van der Waals surface area contributed by atoms with Gasteiger partial charge in [0.05, 0.1) is 6.10 Å². The molecule has 3 N–H and O–H groups in total. The number of hydrogen-bond acceptors (Lipinski definition) is 3. The Kier molecular flexibility index (Phi) is 5.67. The van der Waals surface area contributed by atoms with Gasteiger partial charge in [-0.05, 0) is 69.1 Å². The highest BCUT2D eigenvalue weighted by atomic mass is 16.5. The van der Waals surface area contributed by atoms with Gasteiger partial charge < -0.3 is 4.74 Å². The van der Waals surface area contributed by atoms with Crippen LogP contribution in [0.3, 0.4) is 0 Å². The van der Waals surface area contributed by atoms with Crippen LogP contribution >= 0.6 is 0 Å². The average Bonchev–Trinajstić information content (AvgIpc) is 2.88. The van der Waals surface area contributed by atoms with Crippen LogP contribution in [0, 0.1) is 11.3 Å². The molecule has 112 valence electrons. The van der Waals surface area contributed by atoms with Gasteiger partial charge in [-0.1, -0.05) is 13.8 Å². The van der Waals surface area contributed by atoms with E-state index >= 15 is 0 Å². The van der Waals surface area contributed by atoms with E-state index in [1.54, 1.807) is 0 Å². The highest BCUT2D eigenvalue weighted by Crippen LogP contribution is 2.39. The minimum absolute atomic E-state index is 0.512. The second kappa shape index (κ2) is 7.05. The van der Waals surface area contributed by atoms with Crippen LogP contribution in [0.25, 0.3) is 0 Å². The maximum Gasteiger partial charge on any atom is 0.0576 e. The molecule has 1 saturated carbocycles. The lowest BCUT2D eigenvalue weighted by Gasteiger charge is -2.38. The fraction of sp³-hybridized carbons (Fsp3) is 1.00. The Morgan fingerprint density at radius 1 is 1.26 bits per heavy atom. The molecular weight excluding hydrogens is 236 g/mol. The van der Waals surface area contributed by atoms with Crippen LogP contribution in [-0.4, -0.2) is 18.8 Å². The first-order valence-corrected chi connectivity index (χ1v) is 8.18. The molecule has 19 heavy (non-hydrogen) atoms. The Balaban J connectivity index is 1.67. The summed E-state index contributed by atoms with van der Waals surface area (Å²) in [5.74, 6) is 6.56. The largest absolute Gasteiger partial charge is 0.378 e. The standard InChI is InChI=1S/C16H32N2O/c1-16(2)10-8-13(9-11-16)15(18-17)7-3-5-14-6-4-12-19-14/h13-15,18H,3-12,17H2,1-2H3. The number of ether oxygens (including phenoxy) is 1. The molecule has 1 saturated heterocycles. The lowest BCUT2D eigenvalue weighted by molar-refractivity contribution is 0.0985.